The zero-order valence-corrected chi connectivity index (χ0v) is 20.7. The lowest BCUT2D eigenvalue weighted by Crippen LogP contribution is -2.32. The average molecular weight is 505 g/mol. The summed E-state index contributed by atoms with van der Waals surface area (Å²) < 4.78 is 47.3. The van der Waals surface area contributed by atoms with E-state index >= 15 is 0 Å². The highest BCUT2D eigenvalue weighted by molar-refractivity contribution is 7.93. The van der Waals surface area contributed by atoms with E-state index in [0.29, 0.717) is 42.6 Å². The summed E-state index contributed by atoms with van der Waals surface area (Å²) in [6.07, 6.45) is 2.26. The number of rotatable bonds is 9. The number of hydrogen-bond acceptors (Lipinski definition) is 10. The summed E-state index contributed by atoms with van der Waals surface area (Å²) in [5.74, 6) is 1.19. The fourth-order valence-electron chi connectivity index (χ4n) is 3.79. The summed E-state index contributed by atoms with van der Waals surface area (Å²) in [4.78, 5) is 8.11. The molecule has 1 aromatic carbocycles. The molecule has 2 N–H and O–H groups in total. The third-order valence-corrected chi connectivity index (χ3v) is 7.55. The molecule has 3 aromatic rings. The first-order valence-electron chi connectivity index (χ1n) is 11.0. The Morgan fingerprint density at radius 2 is 1.83 bits per heavy atom. The molecule has 2 aromatic heterocycles. The lowest BCUT2D eigenvalue weighted by molar-refractivity contribution is 0.166. The van der Waals surface area contributed by atoms with Gasteiger partial charge in [-0.25, -0.2) is 18.4 Å². The molecular weight excluding hydrogens is 476 g/mol. The molecule has 0 amide bonds. The predicted molar refractivity (Wildman–Crippen MR) is 126 cm³/mol. The van der Waals surface area contributed by atoms with Crippen LogP contribution >= 0.6 is 0 Å². The average Bonchev–Trinajstić information content (AvgIpc) is 3.52. The van der Waals surface area contributed by atoms with Crippen LogP contribution in [0.15, 0.2) is 30.6 Å². The van der Waals surface area contributed by atoms with Crippen LogP contribution in [0.3, 0.4) is 0 Å². The Balaban J connectivity index is 1.76. The smallest absolute Gasteiger partial charge is 0.243 e. The van der Waals surface area contributed by atoms with Crippen molar-refractivity contribution in [2.75, 3.05) is 32.2 Å². The number of ether oxygens (including phenoxy) is 3. The lowest BCUT2D eigenvalue weighted by atomic mass is 10.1. The Labute approximate surface area is 203 Å². The molecule has 0 aliphatic carbocycles. The van der Waals surface area contributed by atoms with Crippen molar-refractivity contribution in [1.82, 2.24) is 24.7 Å². The van der Waals surface area contributed by atoms with Crippen molar-refractivity contribution in [2.24, 2.45) is 0 Å². The van der Waals surface area contributed by atoms with E-state index in [1.165, 1.54) is 33.5 Å². The van der Waals surface area contributed by atoms with Crippen LogP contribution in [0.4, 0.5) is 5.95 Å². The summed E-state index contributed by atoms with van der Waals surface area (Å²) in [5.41, 5.74) is 1.23. The minimum absolute atomic E-state index is 0.00475. The second-order valence-electron chi connectivity index (χ2n) is 8.20. The van der Waals surface area contributed by atoms with Crippen molar-refractivity contribution < 1.29 is 27.7 Å². The Bertz CT molecular complexity index is 1250. The zero-order chi connectivity index (χ0) is 25.2. The fourth-order valence-corrected chi connectivity index (χ4v) is 4.83. The van der Waals surface area contributed by atoms with Gasteiger partial charge in [0.25, 0.3) is 0 Å². The van der Waals surface area contributed by atoms with Gasteiger partial charge in [-0.3, -0.25) is 9.29 Å². The van der Waals surface area contributed by atoms with Crippen LogP contribution < -0.4 is 14.2 Å². The largest absolute Gasteiger partial charge is 0.494 e. The minimum Gasteiger partial charge on any atom is -0.494 e. The monoisotopic (exact) mass is 504 g/mol. The molecule has 3 atom stereocenters. The number of aryl methyl sites for hydroxylation is 1. The zero-order valence-electron chi connectivity index (χ0n) is 19.9. The molecule has 2 unspecified atom stereocenters. The number of anilines is 1. The van der Waals surface area contributed by atoms with Crippen LogP contribution in [-0.4, -0.2) is 70.9 Å². The molecule has 1 aliphatic rings. The van der Waals surface area contributed by atoms with Crippen LogP contribution in [-0.2, 0) is 14.8 Å². The summed E-state index contributed by atoms with van der Waals surface area (Å²) in [7, 11) is -1.16. The van der Waals surface area contributed by atoms with Crippen LogP contribution in [0, 0.1) is 6.92 Å². The van der Waals surface area contributed by atoms with E-state index in [-0.39, 0.29) is 17.7 Å². The van der Waals surface area contributed by atoms with Crippen LogP contribution in [0.5, 0.6) is 11.5 Å². The number of hydrogen-bond donors (Lipinski definition) is 2. The van der Waals surface area contributed by atoms with Gasteiger partial charge in [0.2, 0.25) is 16.0 Å². The number of nitrogens with zero attached hydrogens (tertiary/aromatic N) is 5. The second-order valence-corrected chi connectivity index (χ2v) is 10.2. The Hall–Kier alpha value is -3.29. The van der Waals surface area contributed by atoms with Gasteiger partial charge in [-0.1, -0.05) is 6.07 Å². The topological polar surface area (TPSA) is 151 Å². The number of para-hydroxylation sites is 1. The van der Waals surface area contributed by atoms with Gasteiger partial charge in [0.15, 0.2) is 5.82 Å². The van der Waals surface area contributed by atoms with E-state index in [4.69, 9.17) is 14.2 Å². The van der Waals surface area contributed by atoms with E-state index < -0.39 is 21.4 Å². The highest BCUT2D eigenvalue weighted by Gasteiger charge is 2.35. The second kappa shape index (κ2) is 10.1. The van der Waals surface area contributed by atoms with E-state index in [1.807, 2.05) is 0 Å². The van der Waals surface area contributed by atoms with E-state index in [2.05, 4.69) is 24.9 Å². The lowest BCUT2D eigenvalue weighted by Gasteiger charge is -2.21. The summed E-state index contributed by atoms with van der Waals surface area (Å²) >= 11 is 0. The van der Waals surface area contributed by atoms with Crippen molar-refractivity contribution in [3.63, 3.8) is 0 Å². The maximum Gasteiger partial charge on any atom is 0.243 e. The number of aliphatic hydroxyl groups excluding tert-OH is 1. The van der Waals surface area contributed by atoms with Gasteiger partial charge >= 0.3 is 0 Å². The summed E-state index contributed by atoms with van der Waals surface area (Å²) in [6.45, 7) is 4.14. The number of nitrogens with one attached hydrogen (secondary N) is 1. The number of benzene rings is 1. The molecule has 0 saturated carbocycles. The Kier molecular flexibility index (Phi) is 7.19. The summed E-state index contributed by atoms with van der Waals surface area (Å²) in [5, 5.41) is 17.8. The third kappa shape index (κ3) is 4.92. The van der Waals surface area contributed by atoms with E-state index in [9.17, 15) is 13.5 Å². The first-order chi connectivity index (χ1) is 16.8. The van der Waals surface area contributed by atoms with Gasteiger partial charge in [-0.15, -0.1) is 10.2 Å². The van der Waals surface area contributed by atoms with Gasteiger partial charge < -0.3 is 19.3 Å². The van der Waals surface area contributed by atoms with Gasteiger partial charge in [0, 0.05) is 24.9 Å². The maximum absolute atomic E-state index is 13.3. The van der Waals surface area contributed by atoms with Crippen molar-refractivity contribution in [3.8, 4) is 17.2 Å². The van der Waals surface area contributed by atoms with Gasteiger partial charge in [0.05, 0.1) is 20.8 Å². The third-order valence-electron chi connectivity index (χ3n) is 5.84. The van der Waals surface area contributed by atoms with Gasteiger partial charge in [-0.2, -0.15) is 0 Å². The van der Waals surface area contributed by atoms with Crippen LogP contribution in [0.25, 0.3) is 5.69 Å². The Morgan fingerprint density at radius 3 is 2.40 bits per heavy atom. The molecule has 4 rings (SSSR count). The van der Waals surface area contributed by atoms with Gasteiger partial charge in [-0.05, 0) is 38.0 Å². The SMILES string of the molecule is COc1cccc(OC)c1-n1c(NS(=O)(=O)C(C)C(O)c2ncc(C)cn2)nnc1[C@@H]1CCOC1. The van der Waals surface area contributed by atoms with E-state index in [1.54, 1.807) is 29.7 Å². The number of aromatic nitrogens is 5. The quantitative estimate of drug-likeness (QED) is 0.441. The maximum atomic E-state index is 13.3. The first-order valence-corrected chi connectivity index (χ1v) is 12.5. The molecule has 1 saturated heterocycles. The van der Waals surface area contributed by atoms with E-state index in [0.717, 1.165) is 5.56 Å². The molecule has 1 fully saturated rings. The molecule has 3 heterocycles. The molecule has 12 nitrogen and oxygen atoms in total. The molecule has 13 heteroatoms. The minimum atomic E-state index is -4.17. The van der Waals surface area contributed by atoms with Crippen LogP contribution in [0.2, 0.25) is 0 Å². The molecule has 188 valence electrons. The first kappa shape index (κ1) is 24.8. The Morgan fingerprint density at radius 1 is 1.17 bits per heavy atom. The number of aliphatic hydroxyl groups is 1. The van der Waals surface area contributed by atoms with Crippen molar-refractivity contribution in [3.05, 3.63) is 47.8 Å². The molecule has 35 heavy (non-hydrogen) atoms. The molecule has 0 radical (unpaired) electrons. The highest BCUT2D eigenvalue weighted by Crippen LogP contribution is 2.38. The standard InChI is InChI=1S/C22H28N6O6S/c1-13-10-23-20(24-11-13)19(29)14(2)35(30,31)27-22-26-25-21(15-8-9-34-12-15)28(22)18-16(32-3)6-5-7-17(18)33-4/h5-7,10-11,14-15,19,29H,8-9,12H2,1-4H3,(H,26,27)/t14?,15-,19?/m1/s1. The molecule has 0 spiro atoms. The fraction of sp³-hybridized carbons (Fsp3) is 0.455. The van der Waals surface area contributed by atoms with Crippen molar-refractivity contribution in [1.29, 1.82) is 0 Å². The number of methoxy groups -OCH3 is 2. The molecule has 0 bridgehead atoms. The van der Waals surface area contributed by atoms with Crippen LogP contribution in [0.1, 0.15) is 42.6 Å². The van der Waals surface area contributed by atoms with Crippen molar-refractivity contribution >= 4 is 16.0 Å². The predicted octanol–water partition coefficient (Wildman–Crippen LogP) is 1.75. The van der Waals surface area contributed by atoms with Crippen molar-refractivity contribution in [2.45, 2.75) is 37.5 Å². The van der Waals surface area contributed by atoms with Gasteiger partial charge in [0.1, 0.15) is 34.4 Å². The summed E-state index contributed by atoms with van der Waals surface area (Å²) in [6, 6.07) is 5.21. The molecular formula is C22H28N6O6S. The molecule has 1 aliphatic heterocycles. The normalized spacial score (nSPS) is 17.7. The number of sulfonamides is 1. The highest BCUT2D eigenvalue weighted by atomic mass is 32.2.